The van der Waals surface area contributed by atoms with Crippen LogP contribution in [-0.4, -0.2) is 29.3 Å². The van der Waals surface area contributed by atoms with Crippen LogP contribution in [-0.2, 0) is 4.74 Å². The lowest BCUT2D eigenvalue weighted by atomic mass is 9.96. The highest BCUT2D eigenvalue weighted by atomic mass is 16.6. The number of ether oxygens (including phenoxy) is 2. The van der Waals surface area contributed by atoms with E-state index < -0.39 is 6.09 Å². The molecule has 1 aliphatic carbocycles. The van der Waals surface area contributed by atoms with Gasteiger partial charge in [-0.3, -0.25) is 0 Å². The third-order valence-corrected chi connectivity index (χ3v) is 6.38. The average molecular weight is 479 g/mol. The van der Waals surface area contributed by atoms with Gasteiger partial charge in [0.05, 0.1) is 12.2 Å². The second-order valence-electron chi connectivity index (χ2n) is 9.24. The van der Waals surface area contributed by atoms with E-state index in [1.54, 1.807) is 30.6 Å². The van der Waals surface area contributed by atoms with E-state index >= 15 is 0 Å². The summed E-state index contributed by atoms with van der Waals surface area (Å²) in [7, 11) is 0. The van der Waals surface area contributed by atoms with E-state index in [0.29, 0.717) is 17.9 Å². The molecule has 1 aromatic carbocycles. The summed E-state index contributed by atoms with van der Waals surface area (Å²) in [6.07, 6.45) is 22.6. The molecule has 1 fully saturated rings. The number of esters is 1. The summed E-state index contributed by atoms with van der Waals surface area (Å²) < 4.78 is 12.7. The van der Waals surface area contributed by atoms with Gasteiger partial charge < -0.3 is 19.4 Å². The number of carbonyl (C=O) groups excluding carboxylic acids is 2. The molecule has 0 unspecified atom stereocenters. The maximum atomic E-state index is 12.4. The molecule has 6 heteroatoms. The lowest BCUT2D eigenvalue weighted by Crippen LogP contribution is -2.38. The van der Waals surface area contributed by atoms with E-state index in [9.17, 15) is 9.59 Å². The monoisotopic (exact) mass is 478 g/mol. The first-order valence-corrected chi connectivity index (χ1v) is 13.0. The van der Waals surface area contributed by atoms with Crippen molar-refractivity contribution < 1.29 is 19.1 Å². The van der Waals surface area contributed by atoms with E-state index in [1.165, 1.54) is 25.7 Å². The summed E-state index contributed by atoms with van der Waals surface area (Å²) in [5.41, 5.74) is 1.30. The van der Waals surface area contributed by atoms with Crippen LogP contribution in [0, 0.1) is 12.3 Å². The molecule has 0 aliphatic heterocycles. The quantitative estimate of drug-likeness (QED) is 0.195. The van der Waals surface area contributed by atoms with Crippen molar-refractivity contribution in [3.63, 3.8) is 0 Å². The predicted molar refractivity (Wildman–Crippen MR) is 138 cm³/mol. The Morgan fingerprint density at radius 2 is 1.74 bits per heavy atom. The smallest absolute Gasteiger partial charge is 0.412 e. The van der Waals surface area contributed by atoms with Crippen LogP contribution in [0.2, 0.25) is 0 Å². The van der Waals surface area contributed by atoms with Gasteiger partial charge in [-0.2, -0.15) is 0 Å². The first-order valence-electron chi connectivity index (χ1n) is 13.0. The van der Waals surface area contributed by atoms with Gasteiger partial charge in [-0.05, 0) is 43.9 Å². The lowest BCUT2D eigenvalue weighted by molar-refractivity contribution is 0.0497. The lowest BCUT2D eigenvalue weighted by Gasteiger charge is -2.22. The largest absolute Gasteiger partial charge is 0.462 e. The summed E-state index contributed by atoms with van der Waals surface area (Å²) >= 11 is 0. The molecule has 188 valence electrons. The van der Waals surface area contributed by atoms with Gasteiger partial charge in [0.1, 0.15) is 5.75 Å². The van der Waals surface area contributed by atoms with Gasteiger partial charge in [0, 0.05) is 36.6 Å². The molecule has 35 heavy (non-hydrogen) atoms. The van der Waals surface area contributed by atoms with Gasteiger partial charge in [0.15, 0.2) is 0 Å². The third kappa shape index (κ3) is 9.52. The maximum absolute atomic E-state index is 12.4. The normalized spacial score (nSPS) is 13.7. The second kappa shape index (κ2) is 14.9. The van der Waals surface area contributed by atoms with E-state index in [-0.39, 0.29) is 12.0 Å². The van der Waals surface area contributed by atoms with Crippen LogP contribution in [0.25, 0.3) is 5.69 Å². The number of aromatic nitrogens is 1. The molecule has 0 spiro atoms. The average Bonchev–Trinajstić information content (AvgIpc) is 3.36. The van der Waals surface area contributed by atoms with Gasteiger partial charge >= 0.3 is 12.1 Å². The van der Waals surface area contributed by atoms with Gasteiger partial charge in [0.25, 0.3) is 0 Å². The number of hydrogen-bond donors (Lipinski definition) is 1. The number of terminal acetylenes is 1. The van der Waals surface area contributed by atoms with Gasteiger partial charge in [-0.25, -0.2) is 9.59 Å². The summed E-state index contributed by atoms with van der Waals surface area (Å²) in [6, 6.07) is 9.19. The number of benzene rings is 1. The van der Waals surface area contributed by atoms with Gasteiger partial charge in [-0.15, -0.1) is 12.3 Å². The standard InChI is InChI=1S/C29H38N2O4/c1-2-3-4-5-6-7-8-9-13-21-34-28(32)24-19-20-31(23-24)26-17-14-18-27(22-26)35-29(33)30-25-15-11-10-12-16-25/h1,14,17-20,22-23,25H,3-13,15-16,21H2,(H,30,33). The maximum Gasteiger partial charge on any atom is 0.412 e. The molecule has 0 bridgehead atoms. The Morgan fingerprint density at radius 3 is 2.51 bits per heavy atom. The number of rotatable bonds is 13. The SMILES string of the molecule is C#CCCCCCCCCCOC(=O)c1ccn(-c2cccc(OC(=O)NC3CCCCC3)c2)c1. The van der Waals surface area contributed by atoms with E-state index in [2.05, 4.69) is 11.2 Å². The summed E-state index contributed by atoms with van der Waals surface area (Å²) in [5, 5.41) is 2.96. The Morgan fingerprint density at radius 1 is 1.00 bits per heavy atom. The molecule has 2 aromatic rings. The summed E-state index contributed by atoms with van der Waals surface area (Å²) in [4.78, 5) is 24.6. The minimum atomic E-state index is -0.422. The Labute approximate surface area is 209 Å². The number of carbonyl (C=O) groups is 2. The van der Waals surface area contributed by atoms with Gasteiger partial charge in [0.2, 0.25) is 0 Å². The number of hydrogen-bond acceptors (Lipinski definition) is 4. The molecule has 0 atom stereocenters. The number of amides is 1. The van der Waals surface area contributed by atoms with E-state index in [1.807, 2.05) is 16.7 Å². The van der Waals surface area contributed by atoms with Crippen molar-refractivity contribution in [3.8, 4) is 23.8 Å². The Kier molecular flexibility index (Phi) is 11.3. The molecule has 0 radical (unpaired) electrons. The van der Waals surface area contributed by atoms with Crippen LogP contribution in [0.5, 0.6) is 5.75 Å². The van der Waals surface area contributed by atoms with Crippen LogP contribution in [0.15, 0.2) is 42.7 Å². The molecule has 0 saturated heterocycles. The number of nitrogens with zero attached hydrogens (tertiary/aromatic N) is 1. The Balaban J connectivity index is 1.39. The minimum absolute atomic E-state index is 0.196. The molecule has 1 heterocycles. The van der Waals surface area contributed by atoms with Crippen molar-refractivity contribution in [1.29, 1.82) is 0 Å². The summed E-state index contributed by atoms with van der Waals surface area (Å²) in [5.74, 6) is 2.81. The zero-order valence-electron chi connectivity index (χ0n) is 20.7. The van der Waals surface area contributed by atoms with Crippen LogP contribution in [0.4, 0.5) is 4.79 Å². The molecule has 1 N–H and O–H groups in total. The topological polar surface area (TPSA) is 69.6 Å². The van der Waals surface area contributed by atoms with E-state index in [4.69, 9.17) is 15.9 Å². The highest BCUT2D eigenvalue weighted by Gasteiger charge is 2.17. The predicted octanol–water partition coefficient (Wildman–Crippen LogP) is 6.81. The molecule has 1 saturated carbocycles. The fourth-order valence-corrected chi connectivity index (χ4v) is 4.40. The fraction of sp³-hybridized carbons (Fsp3) is 0.517. The molecular formula is C29H38N2O4. The first kappa shape index (κ1) is 26.4. The Hall–Kier alpha value is -3.20. The minimum Gasteiger partial charge on any atom is -0.462 e. The molecule has 6 nitrogen and oxygen atoms in total. The zero-order chi connectivity index (χ0) is 24.7. The van der Waals surface area contributed by atoms with Crippen molar-refractivity contribution in [2.45, 2.75) is 89.5 Å². The van der Waals surface area contributed by atoms with Crippen LogP contribution >= 0.6 is 0 Å². The molecular weight excluding hydrogens is 440 g/mol. The van der Waals surface area contributed by atoms with Crippen molar-refractivity contribution >= 4 is 12.1 Å². The second-order valence-corrected chi connectivity index (χ2v) is 9.24. The van der Waals surface area contributed by atoms with Crippen molar-refractivity contribution in [3.05, 3.63) is 48.3 Å². The van der Waals surface area contributed by atoms with E-state index in [0.717, 1.165) is 63.5 Å². The van der Waals surface area contributed by atoms with Gasteiger partial charge in [-0.1, -0.05) is 57.4 Å². The molecule has 3 rings (SSSR count). The van der Waals surface area contributed by atoms with Crippen LogP contribution in [0.3, 0.4) is 0 Å². The fourth-order valence-electron chi connectivity index (χ4n) is 4.40. The van der Waals surface area contributed by atoms with Crippen molar-refractivity contribution in [1.82, 2.24) is 9.88 Å². The molecule has 1 aliphatic rings. The van der Waals surface area contributed by atoms with Crippen LogP contribution < -0.4 is 10.1 Å². The number of unbranched alkanes of at least 4 members (excludes halogenated alkanes) is 7. The highest BCUT2D eigenvalue weighted by molar-refractivity contribution is 5.89. The number of nitrogens with one attached hydrogen (secondary N) is 1. The Bertz CT molecular complexity index is 969. The third-order valence-electron chi connectivity index (χ3n) is 6.38. The van der Waals surface area contributed by atoms with Crippen molar-refractivity contribution in [2.75, 3.05) is 6.61 Å². The van der Waals surface area contributed by atoms with Crippen molar-refractivity contribution in [2.24, 2.45) is 0 Å². The van der Waals surface area contributed by atoms with Crippen LogP contribution in [0.1, 0.15) is 93.8 Å². The first-order chi connectivity index (χ1) is 17.2. The molecule has 1 aromatic heterocycles. The zero-order valence-corrected chi connectivity index (χ0v) is 20.7. The molecule has 1 amide bonds. The highest BCUT2D eigenvalue weighted by Crippen LogP contribution is 2.20. The summed E-state index contributed by atoms with van der Waals surface area (Å²) in [6.45, 7) is 0.431.